The van der Waals surface area contributed by atoms with Crippen LogP contribution in [0.1, 0.15) is 10.5 Å². The first-order chi connectivity index (χ1) is 9.47. The molecule has 2 N–H and O–H groups in total. The second-order valence-electron chi connectivity index (χ2n) is 3.76. The fourth-order valence-electron chi connectivity index (χ4n) is 1.41. The molecular formula is C11H8BrClN4O3. The van der Waals surface area contributed by atoms with Crippen LogP contribution in [0.3, 0.4) is 0 Å². The zero-order valence-corrected chi connectivity index (χ0v) is 12.2. The van der Waals surface area contributed by atoms with E-state index in [1.165, 1.54) is 6.20 Å². The van der Waals surface area contributed by atoms with Gasteiger partial charge in [-0.2, -0.15) is 0 Å². The number of hydrogen-bond acceptors (Lipinski definition) is 4. The number of halogens is 2. The molecule has 7 nitrogen and oxygen atoms in total. The minimum Gasteiger partial charge on any atom is -0.476 e. The smallest absolute Gasteiger partial charge is 0.358 e. The van der Waals surface area contributed by atoms with Crippen molar-refractivity contribution in [3.63, 3.8) is 0 Å². The second-order valence-corrected chi connectivity index (χ2v) is 4.96. The summed E-state index contributed by atoms with van der Waals surface area (Å²) in [5.74, 6) is -1.58. The topological polar surface area (TPSA) is 97.1 Å². The van der Waals surface area contributed by atoms with Crippen LogP contribution < -0.4 is 5.32 Å². The number of nitrogens with zero attached hydrogens (tertiary/aromatic N) is 3. The molecule has 104 valence electrons. The number of carboxylic acid groups (broad SMARTS) is 1. The number of carbonyl (C=O) groups is 2. The lowest BCUT2D eigenvalue weighted by atomic mass is 10.3. The minimum atomic E-state index is -1.20. The Labute approximate surface area is 126 Å². The molecule has 0 spiro atoms. The molecule has 0 saturated heterocycles. The Hall–Kier alpha value is -1.93. The van der Waals surface area contributed by atoms with Gasteiger partial charge in [-0.25, -0.2) is 9.48 Å². The predicted molar refractivity (Wildman–Crippen MR) is 74.8 cm³/mol. The average Bonchev–Trinajstić information content (AvgIpc) is 2.83. The summed E-state index contributed by atoms with van der Waals surface area (Å²) in [7, 11) is 0. The highest BCUT2D eigenvalue weighted by Gasteiger charge is 2.12. The third-order valence-electron chi connectivity index (χ3n) is 2.29. The first kappa shape index (κ1) is 14.5. The highest BCUT2D eigenvalue weighted by atomic mass is 79.9. The monoisotopic (exact) mass is 358 g/mol. The van der Waals surface area contributed by atoms with Crippen LogP contribution in [-0.2, 0) is 11.3 Å². The van der Waals surface area contributed by atoms with Crippen molar-refractivity contribution in [1.82, 2.24) is 15.0 Å². The highest BCUT2D eigenvalue weighted by Crippen LogP contribution is 2.29. The number of anilines is 1. The summed E-state index contributed by atoms with van der Waals surface area (Å²) in [6, 6.07) is 5.05. The lowest BCUT2D eigenvalue weighted by Crippen LogP contribution is -2.19. The molecule has 1 amide bonds. The molecule has 0 unspecified atom stereocenters. The Morgan fingerprint density at radius 3 is 2.85 bits per heavy atom. The Kier molecular flexibility index (Phi) is 4.35. The average molecular weight is 360 g/mol. The largest absolute Gasteiger partial charge is 0.476 e. The third-order valence-corrected chi connectivity index (χ3v) is 3.69. The van der Waals surface area contributed by atoms with Crippen molar-refractivity contribution in [3.05, 3.63) is 39.6 Å². The summed E-state index contributed by atoms with van der Waals surface area (Å²) in [5.41, 5.74) is 0.294. The van der Waals surface area contributed by atoms with Gasteiger partial charge in [0, 0.05) is 0 Å². The molecule has 1 aromatic heterocycles. The van der Waals surface area contributed by atoms with Crippen molar-refractivity contribution in [3.8, 4) is 0 Å². The molecule has 0 aliphatic carbocycles. The minimum absolute atomic E-state index is 0.154. The van der Waals surface area contributed by atoms with Gasteiger partial charge in [0.1, 0.15) is 6.54 Å². The van der Waals surface area contributed by atoms with Crippen molar-refractivity contribution in [2.45, 2.75) is 6.54 Å². The summed E-state index contributed by atoms with van der Waals surface area (Å²) >= 11 is 9.16. The number of aromatic nitrogens is 3. The number of benzene rings is 1. The van der Waals surface area contributed by atoms with Crippen molar-refractivity contribution >= 4 is 45.1 Å². The number of amides is 1. The summed E-state index contributed by atoms with van der Waals surface area (Å²) < 4.78 is 1.71. The number of carbonyl (C=O) groups excluding carboxylic acids is 1. The summed E-state index contributed by atoms with van der Waals surface area (Å²) in [5, 5.41) is 18.8. The molecule has 2 rings (SSSR count). The zero-order chi connectivity index (χ0) is 14.7. The van der Waals surface area contributed by atoms with Crippen LogP contribution in [-0.4, -0.2) is 32.0 Å². The Bertz CT molecular complexity index is 673. The van der Waals surface area contributed by atoms with E-state index >= 15 is 0 Å². The lowest BCUT2D eigenvalue weighted by Gasteiger charge is -2.08. The third kappa shape index (κ3) is 3.34. The van der Waals surface area contributed by atoms with E-state index in [9.17, 15) is 9.59 Å². The molecule has 2 aromatic rings. The van der Waals surface area contributed by atoms with E-state index in [2.05, 4.69) is 31.6 Å². The first-order valence-corrected chi connectivity index (χ1v) is 6.52. The van der Waals surface area contributed by atoms with Gasteiger partial charge < -0.3 is 10.4 Å². The van der Waals surface area contributed by atoms with E-state index in [4.69, 9.17) is 16.7 Å². The van der Waals surface area contributed by atoms with E-state index in [1.54, 1.807) is 18.2 Å². The molecule has 0 radical (unpaired) electrons. The van der Waals surface area contributed by atoms with E-state index in [0.29, 0.717) is 15.2 Å². The van der Waals surface area contributed by atoms with Crippen molar-refractivity contribution in [1.29, 1.82) is 0 Å². The molecule has 0 fully saturated rings. The van der Waals surface area contributed by atoms with Crippen LogP contribution >= 0.6 is 27.5 Å². The van der Waals surface area contributed by atoms with Crippen LogP contribution in [0.25, 0.3) is 0 Å². The highest BCUT2D eigenvalue weighted by molar-refractivity contribution is 9.10. The fraction of sp³-hybridized carbons (Fsp3) is 0.0909. The number of aromatic carboxylic acids is 1. The van der Waals surface area contributed by atoms with E-state index in [1.807, 2.05) is 0 Å². The van der Waals surface area contributed by atoms with E-state index in [0.717, 1.165) is 4.68 Å². The summed E-state index contributed by atoms with van der Waals surface area (Å²) in [6.45, 7) is -0.154. The van der Waals surface area contributed by atoms with Crippen molar-refractivity contribution in [2.24, 2.45) is 0 Å². The van der Waals surface area contributed by atoms with Gasteiger partial charge in [-0.15, -0.1) is 5.10 Å². The Balaban J connectivity index is 2.05. The fourth-order valence-corrected chi connectivity index (χ4v) is 1.95. The number of carboxylic acids is 1. The standard InChI is InChI=1S/C11H8BrClN4O3/c12-10-6(13)2-1-3-7(10)14-9(18)5-17-4-8(11(19)20)15-16-17/h1-4H,5H2,(H,14,18)(H,19,20). The molecule has 0 aliphatic rings. The Morgan fingerprint density at radius 1 is 1.45 bits per heavy atom. The SMILES string of the molecule is O=C(Cn1cc(C(=O)O)nn1)Nc1cccc(Cl)c1Br. The summed E-state index contributed by atoms with van der Waals surface area (Å²) in [6.07, 6.45) is 1.18. The van der Waals surface area contributed by atoms with Crippen molar-refractivity contribution < 1.29 is 14.7 Å². The normalized spacial score (nSPS) is 10.3. The van der Waals surface area contributed by atoms with Gasteiger partial charge in [-0.1, -0.05) is 22.9 Å². The summed E-state index contributed by atoms with van der Waals surface area (Å²) in [4.78, 5) is 22.4. The molecule has 0 atom stereocenters. The van der Waals surface area contributed by atoms with Crippen LogP contribution in [0, 0.1) is 0 Å². The van der Waals surface area contributed by atoms with Crippen LogP contribution in [0.4, 0.5) is 5.69 Å². The van der Waals surface area contributed by atoms with Gasteiger partial charge in [-0.3, -0.25) is 4.79 Å². The maximum Gasteiger partial charge on any atom is 0.358 e. The van der Waals surface area contributed by atoms with Crippen molar-refractivity contribution in [2.75, 3.05) is 5.32 Å². The Morgan fingerprint density at radius 2 is 2.20 bits per heavy atom. The van der Waals surface area contributed by atoms with Crippen LogP contribution in [0.15, 0.2) is 28.9 Å². The molecule has 1 aromatic carbocycles. The van der Waals surface area contributed by atoms with Crippen LogP contribution in [0.2, 0.25) is 5.02 Å². The van der Waals surface area contributed by atoms with E-state index in [-0.39, 0.29) is 18.1 Å². The number of nitrogens with one attached hydrogen (secondary N) is 1. The van der Waals surface area contributed by atoms with Gasteiger partial charge in [0.05, 0.1) is 21.4 Å². The molecule has 20 heavy (non-hydrogen) atoms. The quantitative estimate of drug-likeness (QED) is 0.870. The van der Waals surface area contributed by atoms with E-state index < -0.39 is 5.97 Å². The maximum absolute atomic E-state index is 11.8. The van der Waals surface area contributed by atoms with Gasteiger partial charge in [0.25, 0.3) is 0 Å². The molecular weight excluding hydrogens is 352 g/mol. The molecule has 0 saturated carbocycles. The maximum atomic E-state index is 11.8. The molecule has 9 heteroatoms. The number of rotatable bonds is 4. The number of hydrogen-bond donors (Lipinski definition) is 2. The lowest BCUT2D eigenvalue weighted by molar-refractivity contribution is -0.116. The van der Waals surface area contributed by atoms with Gasteiger partial charge in [0.15, 0.2) is 5.69 Å². The van der Waals surface area contributed by atoms with Gasteiger partial charge >= 0.3 is 5.97 Å². The van der Waals surface area contributed by atoms with Gasteiger partial charge in [0.2, 0.25) is 5.91 Å². The van der Waals surface area contributed by atoms with Crippen LogP contribution in [0.5, 0.6) is 0 Å². The zero-order valence-electron chi connectivity index (χ0n) is 9.88. The molecule has 0 bridgehead atoms. The molecule has 0 aliphatic heterocycles. The second kappa shape index (κ2) is 6.02. The van der Waals surface area contributed by atoms with Gasteiger partial charge in [-0.05, 0) is 28.1 Å². The first-order valence-electron chi connectivity index (χ1n) is 5.34. The molecule has 1 heterocycles. The predicted octanol–water partition coefficient (Wildman–Crippen LogP) is 2.03.